The molecule has 2 N–H and O–H groups in total. The Morgan fingerprint density at radius 1 is 1.40 bits per heavy atom. The fraction of sp³-hybridized carbons (Fsp3) is 1.00. The van der Waals surface area contributed by atoms with Crippen LogP contribution in [0.4, 0.5) is 0 Å². The zero-order valence-corrected chi connectivity index (χ0v) is 9.98. The minimum absolute atomic E-state index is 0.308. The van der Waals surface area contributed by atoms with Gasteiger partial charge in [0.15, 0.2) is 0 Å². The van der Waals surface area contributed by atoms with Gasteiger partial charge in [-0.15, -0.1) is 0 Å². The topological polar surface area (TPSA) is 38.5 Å². The van der Waals surface area contributed by atoms with Gasteiger partial charge in [0.2, 0.25) is 0 Å². The average molecular weight is 212 g/mol. The lowest BCUT2D eigenvalue weighted by atomic mass is 10.0. The Morgan fingerprint density at radius 2 is 2.20 bits per heavy atom. The number of rotatable bonds is 3. The third-order valence-corrected chi connectivity index (χ3v) is 3.80. The Hall–Kier alpha value is -0.120. The first kappa shape index (κ1) is 11.4. The molecule has 4 unspecified atom stereocenters. The van der Waals surface area contributed by atoms with E-state index in [-0.39, 0.29) is 0 Å². The SMILES string of the molecule is CC(N)CC(C)N1CCOC2CCCC21. The Bertz CT molecular complexity index is 208. The molecule has 0 aromatic heterocycles. The second-order valence-corrected chi connectivity index (χ2v) is 5.21. The predicted octanol–water partition coefficient (Wildman–Crippen LogP) is 1.37. The summed E-state index contributed by atoms with van der Waals surface area (Å²) in [4.78, 5) is 2.63. The summed E-state index contributed by atoms with van der Waals surface area (Å²) >= 11 is 0. The number of hydrogen-bond donors (Lipinski definition) is 1. The van der Waals surface area contributed by atoms with Crippen LogP contribution >= 0.6 is 0 Å². The standard InChI is InChI=1S/C12H24N2O/c1-9(13)8-10(2)14-6-7-15-12-5-3-4-11(12)14/h9-12H,3-8,13H2,1-2H3. The largest absolute Gasteiger partial charge is 0.375 e. The third-order valence-electron chi connectivity index (χ3n) is 3.80. The Balaban J connectivity index is 1.94. The van der Waals surface area contributed by atoms with Crippen molar-refractivity contribution >= 4 is 0 Å². The van der Waals surface area contributed by atoms with Crippen molar-refractivity contribution in [2.24, 2.45) is 5.73 Å². The molecule has 0 aromatic rings. The summed E-state index contributed by atoms with van der Waals surface area (Å²) in [6.07, 6.45) is 5.51. The minimum atomic E-state index is 0.308. The molecule has 2 fully saturated rings. The molecular formula is C12H24N2O. The fourth-order valence-electron chi connectivity index (χ4n) is 3.18. The first-order valence-corrected chi connectivity index (χ1v) is 6.31. The van der Waals surface area contributed by atoms with Gasteiger partial charge in [0.25, 0.3) is 0 Å². The van der Waals surface area contributed by atoms with Crippen LogP contribution < -0.4 is 5.73 Å². The maximum absolute atomic E-state index is 5.88. The lowest BCUT2D eigenvalue weighted by Crippen LogP contribution is -2.53. The predicted molar refractivity (Wildman–Crippen MR) is 61.8 cm³/mol. The van der Waals surface area contributed by atoms with Crippen molar-refractivity contribution in [1.82, 2.24) is 4.90 Å². The van der Waals surface area contributed by atoms with Crippen LogP contribution in [0.5, 0.6) is 0 Å². The van der Waals surface area contributed by atoms with E-state index in [2.05, 4.69) is 18.7 Å². The van der Waals surface area contributed by atoms with Gasteiger partial charge in [-0.1, -0.05) is 0 Å². The van der Waals surface area contributed by atoms with E-state index in [0.29, 0.717) is 24.2 Å². The van der Waals surface area contributed by atoms with E-state index in [1.165, 1.54) is 19.3 Å². The molecule has 1 aliphatic carbocycles. The van der Waals surface area contributed by atoms with Crippen molar-refractivity contribution in [2.75, 3.05) is 13.2 Å². The van der Waals surface area contributed by atoms with Crippen molar-refractivity contribution in [3.63, 3.8) is 0 Å². The van der Waals surface area contributed by atoms with Gasteiger partial charge in [-0.05, 0) is 39.5 Å². The summed E-state index contributed by atoms with van der Waals surface area (Å²) in [7, 11) is 0. The highest BCUT2D eigenvalue weighted by atomic mass is 16.5. The number of hydrogen-bond acceptors (Lipinski definition) is 3. The summed E-state index contributed by atoms with van der Waals surface area (Å²) < 4.78 is 5.81. The molecular weight excluding hydrogens is 188 g/mol. The fourth-order valence-corrected chi connectivity index (χ4v) is 3.18. The lowest BCUT2D eigenvalue weighted by molar-refractivity contribution is -0.0706. The third kappa shape index (κ3) is 2.52. The molecule has 0 spiro atoms. The van der Waals surface area contributed by atoms with Crippen LogP contribution in [0.25, 0.3) is 0 Å². The molecule has 1 heterocycles. The Morgan fingerprint density at radius 3 is 2.93 bits per heavy atom. The van der Waals surface area contributed by atoms with Crippen LogP contribution in [0.1, 0.15) is 39.5 Å². The maximum Gasteiger partial charge on any atom is 0.0731 e. The minimum Gasteiger partial charge on any atom is -0.375 e. The van der Waals surface area contributed by atoms with Gasteiger partial charge in [0.1, 0.15) is 0 Å². The van der Waals surface area contributed by atoms with Crippen LogP contribution in [0.3, 0.4) is 0 Å². The van der Waals surface area contributed by atoms with Crippen molar-refractivity contribution in [2.45, 2.75) is 63.8 Å². The lowest BCUT2D eigenvalue weighted by Gasteiger charge is -2.41. The number of morpholine rings is 1. The molecule has 4 atom stereocenters. The number of nitrogens with zero attached hydrogens (tertiary/aromatic N) is 1. The number of fused-ring (bicyclic) bond motifs is 1. The van der Waals surface area contributed by atoms with Gasteiger partial charge in [0.05, 0.1) is 12.7 Å². The Kier molecular flexibility index (Phi) is 3.65. The quantitative estimate of drug-likeness (QED) is 0.768. The molecule has 0 aromatic carbocycles. The van der Waals surface area contributed by atoms with E-state index in [1.54, 1.807) is 0 Å². The Labute approximate surface area is 93.0 Å². The average Bonchev–Trinajstić information content (AvgIpc) is 2.63. The number of nitrogens with two attached hydrogens (primary N) is 1. The molecule has 0 amide bonds. The molecule has 0 bridgehead atoms. The zero-order valence-electron chi connectivity index (χ0n) is 9.98. The van der Waals surface area contributed by atoms with Crippen LogP contribution in [-0.2, 0) is 4.74 Å². The molecule has 0 radical (unpaired) electrons. The second kappa shape index (κ2) is 4.81. The van der Waals surface area contributed by atoms with Crippen LogP contribution in [0.15, 0.2) is 0 Å². The molecule has 1 saturated heterocycles. The van der Waals surface area contributed by atoms with Crippen molar-refractivity contribution < 1.29 is 4.74 Å². The molecule has 3 nitrogen and oxygen atoms in total. The van der Waals surface area contributed by atoms with Gasteiger partial charge in [0, 0.05) is 24.7 Å². The first-order chi connectivity index (χ1) is 7.18. The van der Waals surface area contributed by atoms with Gasteiger partial charge < -0.3 is 10.5 Å². The molecule has 2 aliphatic rings. The molecule has 15 heavy (non-hydrogen) atoms. The van der Waals surface area contributed by atoms with E-state index < -0.39 is 0 Å². The van der Waals surface area contributed by atoms with Crippen LogP contribution in [-0.4, -0.2) is 42.3 Å². The molecule has 1 aliphatic heterocycles. The second-order valence-electron chi connectivity index (χ2n) is 5.21. The molecule has 3 heteroatoms. The smallest absolute Gasteiger partial charge is 0.0731 e. The van der Waals surface area contributed by atoms with Gasteiger partial charge >= 0.3 is 0 Å². The molecule has 1 saturated carbocycles. The van der Waals surface area contributed by atoms with Crippen molar-refractivity contribution in [3.8, 4) is 0 Å². The monoisotopic (exact) mass is 212 g/mol. The van der Waals surface area contributed by atoms with E-state index in [0.717, 1.165) is 19.6 Å². The summed E-state index contributed by atoms with van der Waals surface area (Å²) in [5, 5.41) is 0. The molecule has 88 valence electrons. The van der Waals surface area contributed by atoms with Gasteiger partial charge in [-0.25, -0.2) is 0 Å². The summed E-state index contributed by atoms with van der Waals surface area (Å²) in [5.41, 5.74) is 5.88. The highest BCUT2D eigenvalue weighted by Crippen LogP contribution is 2.31. The molecule has 2 rings (SSSR count). The highest BCUT2D eigenvalue weighted by molar-refractivity contribution is 4.91. The van der Waals surface area contributed by atoms with Crippen molar-refractivity contribution in [3.05, 3.63) is 0 Å². The highest BCUT2D eigenvalue weighted by Gasteiger charge is 2.37. The number of ether oxygens (including phenoxy) is 1. The summed E-state index contributed by atoms with van der Waals surface area (Å²) in [5.74, 6) is 0. The van der Waals surface area contributed by atoms with E-state index in [1.807, 2.05) is 0 Å². The zero-order chi connectivity index (χ0) is 10.8. The van der Waals surface area contributed by atoms with E-state index in [9.17, 15) is 0 Å². The maximum atomic E-state index is 5.88. The van der Waals surface area contributed by atoms with E-state index >= 15 is 0 Å². The van der Waals surface area contributed by atoms with Crippen LogP contribution in [0, 0.1) is 0 Å². The van der Waals surface area contributed by atoms with Gasteiger partial charge in [-0.2, -0.15) is 0 Å². The van der Waals surface area contributed by atoms with Gasteiger partial charge in [-0.3, -0.25) is 4.90 Å². The normalized spacial score (nSPS) is 36.2. The first-order valence-electron chi connectivity index (χ1n) is 6.31. The van der Waals surface area contributed by atoms with Crippen LogP contribution in [0.2, 0.25) is 0 Å². The summed E-state index contributed by atoms with van der Waals surface area (Å²) in [6, 6.07) is 1.59. The van der Waals surface area contributed by atoms with E-state index in [4.69, 9.17) is 10.5 Å². The van der Waals surface area contributed by atoms with Crippen molar-refractivity contribution in [1.29, 1.82) is 0 Å². The summed E-state index contributed by atoms with van der Waals surface area (Å²) in [6.45, 7) is 6.41.